The molecule has 1 nitrogen and oxygen atoms in total. The van der Waals surface area contributed by atoms with E-state index in [2.05, 4.69) is 24.0 Å². The molecule has 0 heterocycles. The molecule has 1 aliphatic carbocycles. The summed E-state index contributed by atoms with van der Waals surface area (Å²) in [6.45, 7) is 4.70. The van der Waals surface area contributed by atoms with E-state index in [0.717, 1.165) is 5.92 Å². The molecule has 0 spiro atoms. The summed E-state index contributed by atoms with van der Waals surface area (Å²) in [4.78, 5) is 0. The Labute approximate surface area is 99.8 Å². The lowest BCUT2D eigenvalue weighted by atomic mass is 10.0. The van der Waals surface area contributed by atoms with Gasteiger partial charge < -0.3 is 5.32 Å². The van der Waals surface area contributed by atoms with Gasteiger partial charge in [-0.1, -0.05) is 32.6 Å². The lowest BCUT2D eigenvalue weighted by molar-refractivity contribution is 0.471. The Morgan fingerprint density at radius 1 is 1.13 bits per heavy atom. The largest absolute Gasteiger partial charge is 0.317 e. The van der Waals surface area contributed by atoms with Gasteiger partial charge in [-0.25, -0.2) is 0 Å². The molecular weight excluding hydrogens is 202 g/mol. The number of rotatable bonds is 9. The van der Waals surface area contributed by atoms with E-state index in [4.69, 9.17) is 0 Å². The molecule has 90 valence electrons. The first kappa shape index (κ1) is 13.4. The van der Waals surface area contributed by atoms with Crippen LogP contribution in [-0.2, 0) is 0 Å². The maximum absolute atomic E-state index is 3.55. The molecule has 0 saturated heterocycles. The van der Waals surface area contributed by atoms with E-state index >= 15 is 0 Å². The normalized spacial score (nSPS) is 17.4. The predicted octanol–water partition coefficient (Wildman–Crippen LogP) is 3.69. The van der Waals surface area contributed by atoms with Crippen molar-refractivity contribution < 1.29 is 0 Å². The minimum Gasteiger partial charge on any atom is -0.317 e. The van der Waals surface area contributed by atoms with Crippen LogP contribution < -0.4 is 5.32 Å². The Morgan fingerprint density at radius 3 is 2.60 bits per heavy atom. The average molecular weight is 229 g/mol. The zero-order valence-corrected chi connectivity index (χ0v) is 11.1. The second-order valence-electron chi connectivity index (χ2n) is 4.59. The molecule has 15 heavy (non-hydrogen) atoms. The Hall–Kier alpha value is 0.310. The van der Waals surface area contributed by atoms with Crippen molar-refractivity contribution in [2.24, 2.45) is 5.92 Å². The fraction of sp³-hybridized carbons (Fsp3) is 1.00. The SMILES string of the molecule is CCSCCCNCCCC1CCCC1. The number of hydrogen-bond acceptors (Lipinski definition) is 2. The molecule has 0 amide bonds. The van der Waals surface area contributed by atoms with Crippen molar-refractivity contribution in [3.63, 3.8) is 0 Å². The minimum absolute atomic E-state index is 1.07. The second kappa shape index (κ2) is 9.53. The monoisotopic (exact) mass is 229 g/mol. The molecule has 0 bridgehead atoms. The van der Waals surface area contributed by atoms with Crippen molar-refractivity contribution in [1.82, 2.24) is 5.32 Å². The van der Waals surface area contributed by atoms with Crippen molar-refractivity contribution in [3.8, 4) is 0 Å². The molecule has 1 aliphatic rings. The summed E-state index contributed by atoms with van der Waals surface area (Å²) in [6.07, 6.45) is 10.2. The third-order valence-corrected chi connectivity index (χ3v) is 4.27. The molecule has 0 aromatic heterocycles. The molecule has 2 heteroatoms. The highest BCUT2D eigenvalue weighted by molar-refractivity contribution is 7.99. The topological polar surface area (TPSA) is 12.0 Å². The van der Waals surface area contributed by atoms with Gasteiger partial charge >= 0.3 is 0 Å². The van der Waals surface area contributed by atoms with E-state index in [1.165, 1.54) is 69.5 Å². The van der Waals surface area contributed by atoms with Gasteiger partial charge in [-0.15, -0.1) is 0 Å². The van der Waals surface area contributed by atoms with Crippen LogP contribution in [-0.4, -0.2) is 24.6 Å². The first-order valence-electron chi connectivity index (χ1n) is 6.72. The van der Waals surface area contributed by atoms with E-state index in [1.54, 1.807) is 0 Å². The number of nitrogens with one attached hydrogen (secondary N) is 1. The molecule has 0 unspecified atom stereocenters. The molecule has 1 fully saturated rings. The molecule has 0 radical (unpaired) electrons. The average Bonchev–Trinajstić information content (AvgIpc) is 2.75. The third kappa shape index (κ3) is 7.24. The molecule has 0 aliphatic heterocycles. The van der Waals surface area contributed by atoms with Crippen LogP contribution in [0.25, 0.3) is 0 Å². The fourth-order valence-corrected chi connectivity index (χ4v) is 3.02. The van der Waals surface area contributed by atoms with Crippen molar-refractivity contribution >= 4 is 11.8 Å². The zero-order chi connectivity index (χ0) is 10.8. The van der Waals surface area contributed by atoms with Gasteiger partial charge in [0.2, 0.25) is 0 Å². The van der Waals surface area contributed by atoms with E-state index in [1.807, 2.05) is 0 Å². The van der Waals surface area contributed by atoms with Crippen LogP contribution in [0, 0.1) is 5.92 Å². The van der Waals surface area contributed by atoms with E-state index in [-0.39, 0.29) is 0 Å². The van der Waals surface area contributed by atoms with E-state index < -0.39 is 0 Å². The summed E-state index contributed by atoms with van der Waals surface area (Å²) >= 11 is 2.05. The van der Waals surface area contributed by atoms with Gasteiger partial charge in [-0.3, -0.25) is 0 Å². The summed E-state index contributed by atoms with van der Waals surface area (Å²) in [6, 6.07) is 0. The first-order valence-corrected chi connectivity index (χ1v) is 7.87. The smallest absolute Gasteiger partial charge is 0.00411 e. The Morgan fingerprint density at radius 2 is 1.87 bits per heavy atom. The third-order valence-electron chi connectivity index (χ3n) is 3.29. The number of hydrogen-bond donors (Lipinski definition) is 1. The zero-order valence-electron chi connectivity index (χ0n) is 10.3. The molecule has 1 saturated carbocycles. The van der Waals surface area contributed by atoms with Gasteiger partial charge in [-0.2, -0.15) is 11.8 Å². The molecule has 1 rings (SSSR count). The van der Waals surface area contributed by atoms with Crippen LogP contribution in [0.1, 0.15) is 51.9 Å². The van der Waals surface area contributed by atoms with Gasteiger partial charge in [0.05, 0.1) is 0 Å². The van der Waals surface area contributed by atoms with Crippen LogP contribution in [0.3, 0.4) is 0 Å². The Bertz CT molecular complexity index is 132. The van der Waals surface area contributed by atoms with Gasteiger partial charge in [0.15, 0.2) is 0 Å². The maximum atomic E-state index is 3.55. The van der Waals surface area contributed by atoms with E-state index in [9.17, 15) is 0 Å². The lowest BCUT2D eigenvalue weighted by Crippen LogP contribution is -2.17. The van der Waals surface area contributed by atoms with Crippen LogP contribution >= 0.6 is 11.8 Å². The Balaban J connectivity index is 1.73. The fourth-order valence-electron chi connectivity index (χ4n) is 2.38. The van der Waals surface area contributed by atoms with Crippen molar-refractivity contribution in [2.75, 3.05) is 24.6 Å². The van der Waals surface area contributed by atoms with Gasteiger partial charge in [-0.05, 0) is 49.8 Å². The van der Waals surface area contributed by atoms with Crippen molar-refractivity contribution in [2.45, 2.75) is 51.9 Å². The summed E-state index contributed by atoms with van der Waals surface area (Å²) in [5.41, 5.74) is 0. The van der Waals surface area contributed by atoms with Crippen LogP contribution in [0.15, 0.2) is 0 Å². The lowest BCUT2D eigenvalue weighted by Gasteiger charge is -2.08. The molecule has 0 aromatic carbocycles. The minimum atomic E-state index is 1.07. The quantitative estimate of drug-likeness (QED) is 0.605. The molecular formula is C13H27NS. The standard InChI is InChI=1S/C13H27NS/c1-2-15-12-6-11-14-10-5-9-13-7-3-4-8-13/h13-14H,2-12H2,1H3. The maximum Gasteiger partial charge on any atom is -0.00411 e. The summed E-state index contributed by atoms with van der Waals surface area (Å²) in [7, 11) is 0. The highest BCUT2D eigenvalue weighted by Gasteiger charge is 2.13. The second-order valence-corrected chi connectivity index (χ2v) is 5.99. The summed E-state index contributed by atoms with van der Waals surface area (Å²) in [5.74, 6) is 3.66. The number of thioether (sulfide) groups is 1. The van der Waals surface area contributed by atoms with Gasteiger partial charge in [0, 0.05) is 0 Å². The van der Waals surface area contributed by atoms with Crippen LogP contribution in [0.4, 0.5) is 0 Å². The van der Waals surface area contributed by atoms with Crippen molar-refractivity contribution in [3.05, 3.63) is 0 Å². The van der Waals surface area contributed by atoms with Crippen molar-refractivity contribution in [1.29, 1.82) is 0 Å². The predicted molar refractivity (Wildman–Crippen MR) is 71.7 cm³/mol. The summed E-state index contributed by atoms with van der Waals surface area (Å²) in [5, 5.41) is 3.55. The highest BCUT2D eigenvalue weighted by atomic mass is 32.2. The molecule has 0 aromatic rings. The first-order chi connectivity index (χ1) is 7.43. The highest BCUT2D eigenvalue weighted by Crippen LogP contribution is 2.28. The Kier molecular flexibility index (Phi) is 8.50. The van der Waals surface area contributed by atoms with Gasteiger partial charge in [0.1, 0.15) is 0 Å². The molecule has 0 atom stereocenters. The van der Waals surface area contributed by atoms with Crippen LogP contribution in [0.5, 0.6) is 0 Å². The molecule has 1 N–H and O–H groups in total. The van der Waals surface area contributed by atoms with Crippen LogP contribution in [0.2, 0.25) is 0 Å². The summed E-state index contributed by atoms with van der Waals surface area (Å²) < 4.78 is 0. The van der Waals surface area contributed by atoms with Gasteiger partial charge in [0.25, 0.3) is 0 Å². The van der Waals surface area contributed by atoms with E-state index in [0.29, 0.717) is 0 Å².